The van der Waals surface area contributed by atoms with Gasteiger partial charge in [0.25, 0.3) is 0 Å². The van der Waals surface area contributed by atoms with Gasteiger partial charge in [0.05, 0.1) is 11.9 Å². The molecular weight excluding hydrogens is 206 g/mol. The lowest BCUT2D eigenvalue weighted by molar-refractivity contribution is 0.0529. The molecule has 0 aliphatic heterocycles. The average molecular weight is 223 g/mol. The fourth-order valence-corrected chi connectivity index (χ4v) is 1.06. The lowest BCUT2D eigenvalue weighted by atomic mass is 10.2. The summed E-state index contributed by atoms with van der Waals surface area (Å²) in [7, 11) is 1.90. The number of nitrogens with zero attached hydrogens (tertiary/aromatic N) is 2. The monoisotopic (exact) mass is 223 g/mol. The first-order valence-electron chi connectivity index (χ1n) is 5.02. The zero-order valence-electron chi connectivity index (χ0n) is 10.0. The second-order valence-corrected chi connectivity index (χ2v) is 4.42. The summed E-state index contributed by atoms with van der Waals surface area (Å²) in [5.74, 6) is 0. The third-order valence-electron chi connectivity index (χ3n) is 1.74. The van der Waals surface area contributed by atoms with Gasteiger partial charge in [0, 0.05) is 13.2 Å². The van der Waals surface area contributed by atoms with Crippen molar-refractivity contribution in [3.05, 3.63) is 24.0 Å². The predicted molar refractivity (Wildman–Crippen MR) is 62.4 cm³/mol. The molecule has 0 aromatic carbocycles. The molecule has 0 atom stereocenters. The zero-order valence-corrected chi connectivity index (χ0v) is 10.0. The highest BCUT2D eigenvalue weighted by Gasteiger charge is 2.15. The van der Waals surface area contributed by atoms with Crippen LogP contribution in [0.3, 0.4) is 0 Å². The molecule has 5 nitrogen and oxygen atoms in total. The van der Waals surface area contributed by atoms with Crippen LogP contribution in [0.25, 0.3) is 0 Å². The maximum absolute atomic E-state index is 11.2. The second-order valence-electron chi connectivity index (χ2n) is 4.42. The first kappa shape index (κ1) is 12.3. The number of carbonyl (C=O) groups is 1. The number of aryl methyl sites for hydroxylation is 1. The van der Waals surface area contributed by atoms with Crippen LogP contribution in [0.4, 0.5) is 4.79 Å². The number of hydrogen-bond donors (Lipinski definition) is 1. The highest BCUT2D eigenvalue weighted by Crippen LogP contribution is 2.06. The quantitative estimate of drug-likeness (QED) is 0.614. The molecule has 5 heteroatoms. The normalized spacial score (nSPS) is 11.8. The first-order valence-corrected chi connectivity index (χ1v) is 5.02. The van der Waals surface area contributed by atoms with E-state index < -0.39 is 11.7 Å². The molecule has 0 bridgehead atoms. The Morgan fingerprint density at radius 1 is 1.56 bits per heavy atom. The Morgan fingerprint density at radius 2 is 2.25 bits per heavy atom. The Hall–Kier alpha value is -1.78. The molecule has 1 aromatic heterocycles. The smallest absolute Gasteiger partial charge is 0.428 e. The maximum Gasteiger partial charge on any atom is 0.428 e. The largest absolute Gasteiger partial charge is 0.443 e. The third-order valence-corrected chi connectivity index (χ3v) is 1.74. The van der Waals surface area contributed by atoms with Gasteiger partial charge in [-0.05, 0) is 32.9 Å². The molecule has 0 unspecified atom stereocenters. The minimum absolute atomic E-state index is 0.509. The summed E-state index contributed by atoms with van der Waals surface area (Å²) in [4.78, 5) is 11.2. The molecule has 0 saturated carbocycles. The van der Waals surface area contributed by atoms with E-state index in [-0.39, 0.29) is 0 Å². The maximum atomic E-state index is 11.2. The number of carbonyl (C=O) groups excluding carboxylic acids is 1. The van der Waals surface area contributed by atoms with Crippen molar-refractivity contribution in [1.29, 1.82) is 0 Å². The van der Waals surface area contributed by atoms with Gasteiger partial charge in [0.2, 0.25) is 0 Å². The Bertz CT molecular complexity index is 388. The highest BCUT2D eigenvalue weighted by molar-refractivity contribution is 5.79. The van der Waals surface area contributed by atoms with Crippen molar-refractivity contribution >= 4 is 12.3 Å². The van der Waals surface area contributed by atoms with Crippen LogP contribution in [-0.2, 0) is 11.8 Å². The van der Waals surface area contributed by atoms with Gasteiger partial charge in [-0.25, -0.2) is 10.2 Å². The fraction of sp³-hybridized carbons (Fsp3) is 0.455. The van der Waals surface area contributed by atoms with Crippen molar-refractivity contribution in [2.24, 2.45) is 12.1 Å². The van der Waals surface area contributed by atoms with E-state index in [1.165, 1.54) is 0 Å². The SMILES string of the molecule is Cn1cccc1/C=N/NC(=O)OC(C)(C)C. The standard InChI is InChI=1S/C11H17N3O2/c1-11(2,3)16-10(15)13-12-8-9-6-5-7-14(9)4/h5-8H,1-4H3,(H,13,15)/b12-8+. The van der Waals surface area contributed by atoms with Gasteiger partial charge in [-0.1, -0.05) is 0 Å². The predicted octanol–water partition coefficient (Wildman–Crippen LogP) is 1.88. The number of rotatable bonds is 2. The van der Waals surface area contributed by atoms with Crippen LogP contribution in [0.2, 0.25) is 0 Å². The molecule has 1 aromatic rings. The van der Waals surface area contributed by atoms with Crippen molar-refractivity contribution in [1.82, 2.24) is 9.99 Å². The molecule has 1 amide bonds. The molecule has 1 heterocycles. The molecule has 0 radical (unpaired) electrons. The van der Waals surface area contributed by atoms with Gasteiger partial charge in [0.15, 0.2) is 0 Å². The summed E-state index contributed by atoms with van der Waals surface area (Å²) in [6.07, 6.45) is 2.90. The zero-order chi connectivity index (χ0) is 12.2. The molecule has 0 fully saturated rings. The van der Waals surface area contributed by atoms with E-state index in [0.717, 1.165) is 5.69 Å². The molecule has 1 rings (SSSR count). The number of aromatic nitrogens is 1. The molecular formula is C11H17N3O2. The van der Waals surface area contributed by atoms with Crippen molar-refractivity contribution in [3.63, 3.8) is 0 Å². The average Bonchev–Trinajstić information content (AvgIpc) is 2.48. The summed E-state index contributed by atoms with van der Waals surface area (Å²) in [6, 6.07) is 3.79. The Morgan fingerprint density at radius 3 is 2.75 bits per heavy atom. The summed E-state index contributed by atoms with van der Waals surface area (Å²) in [6.45, 7) is 5.40. The van der Waals surface area contributed by atoms with Gasteiger partial charge < -0.3 is 9.30 Å². The van der Waals surface area contributed by atoms with E-state index >= 15 is 0 Å². The Balaban J connectivity index is 2.44. The summed E-state index contributed by atoms with van der Waals surface area (Å²) < 4.78 is 6.91. The first-order chi connectivity index (χ1) is 7.38. The lowest BCUT2D eigenvalue weighted by Gasteiger charge is -2.18. The number of amides is 1. The van der Waals surface area contributed by atoms with Crippen molar-refractivity contribution in [2.75, 3.05) is 0 Å². The molecule has 88 valence electrons. The minimum Gasteiger partial charge on any atom is -0.443 e. The lowest BCUT2D eigenvalue weighted by Crippen LogP contribution is -2.29. The van der Waals surface area contributed by atoms with Gasteiger partial charge in [-0.2, -0.15) is 5.10 Å². The Labute approximate surface area is 95.1 Å². The van der Waals surface area contributed by atoms with Gasteiger partial charge in [0.1, 0.15) is 5.60 Å². The van der Waals surface area contributed by atoms with Gasteiger partial charge >= 0.3 is 6.09 Å². The van der Waals surface area contributed by atoms with Crippen LogP contribution in [0.1, 0.15) is 26.5 Å². The molecule has 16 heavy (non-hydrogen) atoms. The van der Waals surface area contributed by atoms with Crippen LogP contribution in [0.15, 0.2) is 23.4 Å². The number of hydrazone groups is 1. The van der Waals surface area contributed by atoms with Crippen molar-refractivity contribution in [3.8, 4) is 0 Å². The molecule has 1 N–H and O–H groups in total. The van der Waals surface area contributed by atoms with Crippen molar-refractivity contribution < 1.29 is 9.53 Å². The van der Waals surface area contributed by atoms with Crippen LogP contribution >= 0.6 is 0 Å². The number of ether oxygens (including phenoxy) is 1. The second kappa shape index (κ2) is 4.83. The highest BCUT2D eigenvalue weighted by atomic mass is 16.6. The molecule has 0 aliphatic rings. The summed E-state index contributed by atoms with van der Waals surface area (Å²) >= 11 is 0. The molecule has 0 spiro atoms. The van der Waals surface area contributed by atoms with Crippen LogP contribution < -0.4 is 5.43 Å². The van der Waals surface area contributed by atoms with E-state index in [0.29, 0.717) is 0 Å². The van der Waals surface area contributed by atoms with E-state index in [9.17, 15) is 4.79 Å². The van der Waals surface area contributed by atoms with Crippen LogP contribution in [-0.4, -0.2) is 22.5 Å². The fourth-order valence-electron chi connectivity index (χ4n) is 1.06. The molecule has 0 saturated heterocycles. The van der Waals surface area contributed by atoms with Gasteiger partial charge in [-0.15, -0.1) is 0 Å². The number of nitrogens with one attached hydrogen (secondary N) is 1. The Kier molecular flexibility index (Phi) is 3.71. The topological polar surface area (TPSA) is 55.6 Å². The summed E-state index contributed by atoms with van der Waals surface area (Å²) in [5.41, 5.74) is 2.69. The number of hydrogen-bond acceptors (Lipinski definition) is 3. The van der Waals surface area contributed by atoms with Crippen LogP contribution in [0, 0.1) is 0 Å². The van der Waals surface area contributed by atoms with E-state index in [2.05, 4.69) is 10.5 Å². The van der Waals surface area contributed by atoms with Gasteiger partial charge in [-0.3, -0.25) is 0 Å². The van der Waals surface area contributed by atoms with E-state index in [1.807, 2.05) is 29.9 Å². The summed E-state index contributed by atoms with van der Waals surface area (Å²) in [5, 5.41) is 3.79. The van der Waals surface area contributed by atoms with E-state index in [1.54, 1.807) is 27.0 Å². The van der Waals surface area contributed by atoms with Crippen molar-refractivity contribution in [2.45, 2.75) is 26.4 Å². The molecule has 0 aliphatic carbocycles. The minimum atomic E-state index is -0.557. The van der Waals surface area contributed by atoms with Crippen LogP contribution in [0.5, 0.6) is 0 Å². The third kappa shape index (κ3) is 4.16. The van der Waals surface area contributed by atoms with E-state index in [4.69, 9.17) is 4.74 Å².